The number of imide groups is 2. The fourth-order valence-corrected chi connectivity index (χ4v) is 21.6. The molecule has 5 aliphatic rings. The van der Waals surface area contributed by atoms with Crippen molar-refractivity contribution in [1.82, 2.24) is 46.2 Å². The molecule has 29 nitrogen and oxygen atoms in total. The molecule has 5 N–H and O–H groups in total. The Morgan fingerprint density at radius 3 is 0.961 bits per heavy atom. The Balaban J connectivity index is 0.000000492. The third-order valence-electron chi connectivity index (χ3n) is 18.0. The van der Waals surface area contributed by atoms with Crippen molar-refractivity contribution in [3.63, 3.8) is 0 Å². The van der Waals surface area contributed by atoms with Gasteiger partial charge < -0.3 is 94.4 Å². The second kappa shape index (κ2) is 55.8. The lowest BCUT2D eigenvalue weighted by molar-refractivity contribution is 0.0700. The van der Waals surface area contributed by atoms with Crippen LogP contribution in [0.1, 0.15) is 193 Å². The summed E-state index contributed by atoms with van der Waals surface area (Å²) in [4.78, 5) is 74.2. The number of carbonyl (C=O) groups excluding carboxylic acids is 5. The molecule has 0 aromatic carbocycles. The van der Waals surface area contributed by atoms with Crippen LogP contribution < -0.4 is 26.6 Å². The van der Waals surface area contributed by atoms with Gasteiger partial charge in [-0.05, 0) is 170 Å². The third kappa shape index (κ3) is 40.5. The lowest BCUT2D eigenvalue weighted by Gasteiger charge is -2.35. The van der Waals surface area contributed by atoms with E-state index in [-0.39, 0.29) is 42.1 Å². The standard InChI is InChI=1S/C36H73N5O10Si2.C30H58N4O7Si.C4H10O3Si/c1-8-15-21-38-35(43)41(36(44)39-23-18-25-53(49-12-5,50-13-6)51-14-7)28-32-20-16-19-31(26-32)27-40(29-33-30-45-33)34(42)37-22-17-24-52(46-9-2,47-10-3)48-11-4;1-5-9-10-15-31-29(35)34(30(36)32-16-12-17-42(39-6-2,40-7-3)41-8-4)20-26-14-11-13-25(18-26)19-33(21-27-23-37-27)22-28-24-38-28;1-3-6-8(5)7-4-2/h31-33H,8-30H2,1-7H3,(H,37,42)(H,38,43)(H,39,44);25-28H,5-24H2,1-4H3,(H,31,35)(H,32,36);3-4H2,1-2H3. The van der Waals surface area contributed by atoms with Crippen molar-refractivity contribution in [2.75, 3.05) is 171 Å². The number of carbonyl (C=O) groups is 5. The number of hydrogen-bond donors (Lipinski definition) is 5. The molecule has 7 atom stereocenters. The van der Waals surface area contributed by atoms with E-state index in [1.54, 1.807) is 13.8 Å². The van der Waals surface area contributed by atoms with Crippen molar-refractivity contribution in [1.29, 1.82) is 0 Å². The molecule has 0 aromatic rings. The fourth-order valence-electron chi connectivity index (χ4n) is 13.2. The zero-order valence-corrected chi connectivity index (χ0v) is 69.8. The predicted octanol–water partition coefficient (Wildman–Crippen LogP) is 10.3. The lowest BCUT2D eigenvalue weighted by Crippen LogP contribution is -2.51. The van der Waals surface area contributed by atoms with Crippen molar-refractivity contribution < 1.29 is 91.3 Å². The first-order valence-corrected chi connectivity index (χ1v) is 46.7. The van der Waals surface area contributed by atoms with Gasteiger partial charge in [0.05, 0.1) is 57.9 Å². The van der Waals surface area contributed by atoms with Gasteiger partial charge >= 0.3 is 65.7 Å². The molecule has 7 unspecified atom stereocenters. The molecule has 0 bridgehead atoms. The van der Waals surface area contributed by atoms with Crippen LogP contribution in [0.3, 0.4) is 0 Å². The van der Waals surface area contributed by atoms with E-state index in [1.807, 2.05) is 67.2 Å². The van der Waals surface area contributed by atoms with Crippen LogP contribution in [0.2, 0.25) is 18.1 Å². The van der Waals surface area contributed by atoms with Crippen LogP contribution in [0.15, 0.2) is 0 Å². The number of hydrogen-bond acceptors (Lipinski definition) is 21. The molecule has 5 fully saturated rings. The average Bonchev–Trinajstić information content (AvgIpc) is 1.26. The minimum atomic E-state index is -2.83. The Hall–Kier alpha value is -3.50. The molecule has 103 heavy (non-hydrogen) atoms. The summed E-state index contributed by atoms with van der Waals surface area (Å²) in [5, 5.41) is 15.0. The predicted molar refractivity (Wildman–Crippen MR) is 403 cm³/mol. The highest BCUT2D eigenvalue weighted by molar-refractivity contribution is 6.61. The van der Waals surface area contributed by atoms with E-state index < -0.39 is 41.6 Å². The number of urea groups is 5. The monoisotopic (exact) mass is 1540 g/mol. The summed E-state index contributed by atoms with van der Waals surface area (Å²) in [5.41, 5.74) is 0. The summed E-state index contributed by atoms with van der Waals surface area (Å²) >= 11 is 0. The molecule has 0 aromatic heterocycles. The maximum atomic E-state index is 13.5. The SMILES string of the molecule is CCCCCNC(=O)N(CC1CCCC(CN(CC2CO2)CC2CO2)C1)C(=O)NCCC[Si](OCC)(OCC)OCC.CCCCNC(=O)N(CC1CCCC(CN(CC2CO2)C(=O)NCCC[Si](OCC)(OCC)OCC)C1)C(=O)NCCC[Si](OCC)(OCC)OCC.CCO[Si](=O)OCC. The minimum Gasteiger partial charge on any atom is -0.496 e. The zero-order valence-electron chi connectivity index (χ0n) is 65.8. The fraction of sp³-hybridized carbons (Fsp3) is 0.929. The minimum absolute atomic E-state index is 0.0588. The van der Waals surface area contributed by atoms with Crippen molar-refractivity contribution in [2.24, 2.45) is 23.7 Å². The summed E-state index contributed by atoms with van der Waals surface area (Å²) in [6.07, 6.45) is 15.6. The Kier molecular flexibility index (Phi) is 50.8. The quantitative estimate of drug-likeness (QED) is 0.0215. The van der Waals surface area contributed by atoms with Crippen LogP contribution in [0.5, 0.6) is 0 Å². The summed E-state index contributed by atoms with van der Waals surface area (Å²) in [7, 11) is -10.5. The van der Waals surface area contributed by atoms with E-state index in [9.17, 15) is 28.4 Å². The maximum Gasteiger partial charge on any atom is 0.767 e. The van der Waals surface area contributed by atoms with Crippen molar-refractivity contribution in [3.05, 3.63) is 0 Å². The largest absolute Gasteiger partial charge is 0.767 e. The number of nitrogens with one attached hydrogen (secondary N) is 5. The number of unbranched alkanes of at least 4 members (excludes halogenated alkanes) is 3. The van der Waals surface area contributed by atoms with Crippen molar-refractivity contribution in [3.8, 4) is 0 Å². The first kappa shape index (κ1) is 93.7. The maximum absolute atomic E-state index is 13.5. The van der Waals surface area contributed by atoms with Gasteiger partial charge in [-0.3, -0.25) is 9.36 Å². The Labute approximate surface area is 624 Å². The Morgan fingerprint density at radius 1 is 0.359 bits per heavy atom. The first-order chi connectivity index (χ1) is 49.9. The van der Waals surface area contributed by atoms with E-state index in [1.165, 1.54) is 16.2 Å². The highest BCUT2D eigenvalue weighted by atomic mass is 28.4. The molecule has 5 rings (SSSR count). The molecule has 33 heteroatoms. The van der Waals surface area contributed by atoms with E-state index >= 15 is 0 Å². The van der Waals surface area contributed by atoms with Crippen molar-refractivity contribution >= 4 is 65.7 Å². The van der Waals surface area contributed by atoms with E-state index in [0.29, 0.717) is 200 Å². The molecular formula is C70H141N9O20Si4. The smallest absolute Gasteiger partial charge is 0.496 e. The van der Waals surface area contributed by atoms with Crippen LogP contribution >= 0.6 is 0 Å². The summed E-state index contributed by atoms with van der Waals surface area (Å²) in [5.74, 6) is 1.21. The van der Waals surface area contributed by atoms with Crippen LogP contribution in [-0.2, 0) is 67.4 Å². The molecule has 3 aliphatic heterocycles. The molecular weight excluding hydrogens is 1400 g/mol. The average molecular weight is 1540 g/mol. The van der Waals surface area contributed by atoms with Crippen LogP contribution in [0.4, 0.5) is 24.0 Å². The number of amides is 10. The second-order valence-corrected chi connectivity index (χ2v) is 35.9. The van der Waals surface area contributed by atoms with Gasteiger partial charge in [-0.25, -0.2) is 33.8 Å². The highest BCUT2D eigenvalue weighted by Gasteiger charge is 2.43. The Bertz CT molecular complexity index is 2210. The van der Waals surface area contributed by atoms with Crippen molar-refractivity contribution in [2.45, 2.75) is 229 Å². The second-order valence-electron chi connectivity index (χ2n) is 26.6. The summed E-state index contributed by atoms with van der Waals surface area (Å²) in [6, 6.07) is 0.287. The van der Waals surface area contributed by atoms with Gasteiger partial charge in [-0.1, -0.05) is 46.0 Å². The molecule has 2 saturated carbocycles. The van der Waals surface area contributed by atoms with Gasteiger partial charge in [0.1, 0.15) is 0 Å². The van der Waals surface area contributed by atoms with Gasteiger partial charge in [0.15, 0.2) is 0 Å². The lowest BCUT2D eigenvalue weighted by atomic mass is 9.81. The van der Waals surface area contributed by atoms with Gasteiger partial charge in [0, 0.05) is 150 Å². The topological polar surface area (TPSA) is 315 Å². The van der Waals surface area contributed by atoms with E-state index in [0.717, 1.165) is 110 Å². The highest BCUT2D eigenvalue weighted by Crippen LogP contribution is 2.33. The van der Waals surface area contributed by atoms with Gasteiger partial charge in [-0.15, -0.1) is 0 Å². The molecule has 10 amide bonds. The van der Waals surface area contributed by atoms with Gasteiger partial charge in [0.25, 0.3) is 0 Å². The molecule has 0 spiro atoms. The molecule has 2 aliphatic carbocycles. The summed E-state index contributed by atoms with van der Waals surface area (Å²) < 4.78 is 89.7. The molecule has 0 radical (unpaired) electrons. The van der Waals surface area contributed by atoms with E-state index in [2.05, 4.69) is 54.2 Å². The zero-order chi connectivity index (χ0) is 75.6. The number of rotatable bonds is 55. The first-order valence-electron chi connectivity index (χ1n) is 39.7. The molecule has 3 heterocycles. The Morgan fingerprint density at radius 2 is 0.650 bits per heavy atom. The van der Waals surface area contributed by atoms with Crippen LogP contribution in [-0.4, -0.2) is 275 Å². The van der Waals surface area contributed by atoms with Gasteiger partial charge in [0.2, 0.25) is 0 Å². The molecule has 602 valence electrons. The number of epoxide rings is 3. The summed E-state index contributed by atoms with van der Waals surface area (Å²) in [6.45, 7) is 40.3. The third-order valence-corrected chi connectivity index (χ3v) is 28.5. The van der Waals surface area contributed by atoms with Gasteiger partial charge in [-0.2, -0.15) is 0 Å². The van der Waals surface area contributed by atoms with E-state index in [4.69, 9.17) is 54.0 Å². The van der Waals surface area contributed by atoms with Crippen LogP contribution in [0, 0.1) is 23.7 Å². The molecule has 3 saturated heterocycles. The number of nitrogens with zero attached hydrogens (tertiary/aromatic N) is 4. The number of ether oxygens (including phenoxy) is 3. The normalized spacial score (nSPS) is 19.9. The van der Waals surface area contributed by atoms with Crippen LogP contribution in [0.25, 0.3) is 0 Å².